The molecule has 2 N–H and O–H groups in total. The number of aromatic nitrogens is 3. The van der Waals surface area contributed by atoms with E-state index in [1.807, 2.05) is 41.9 Å². The van der Waals surface area contributed by atoms with Crippen LogP contribution in [-0.4, -0.2) is 40.7 Å². The van der Waals surface area contributed by atoms with Gasteiger partial charge in [-0.3, -0.25) is 9.89 Å². The molecule has 0 saturated carbocycles. The van der Waals surface area contributed by atoms with Gasteiger partial charge in [-0.1, -0.05) is 30.3 Å². The number of nitrogens with zero attached hydrogens (tertiary/aromatic N) is 3. The Labute approximate surface area is 156 Å². The van der Waals surface area contributed by atoms with Gasteiger partial charge in [0.05, 0.1) is 5.69 Å². The summed E-state index contributed by atoms with van der Waals surface area (Å²) < 4.78 is 0. The lowest BCUT2D eigenvalue weighted by atomic mass is 9.98. The zero-order valence-corrected chi connectivity index (χ0v) is 15.2. The van der Waals surface area contributed by atoms with Crippen molar-refractivity contribution in [3.8, 4) is 11.3 Å². The molecule has 1 aliphatic heterocycles. The number of hydrogen-bond donors (Lipinski definition) is 2. The number of nitrogens with one attached hydrogen (secondary N) is 2. The highest BCUT2D eigenvalue weighted by Gasteiger charge is 2.22. The van der Waals surface area contributed by atoms with Crippen molar-refractivity contribution < 1.29 is 4.79 Å². The van der Waals surface area contributed by atoms with Gasteiger partial charge in [-0.05, 0) is 24.8 Å². The van der Waals surface area contributed by atoms with Gasteiger partial charge in [-0.15, -0.1) is 11.3 Å². The molecule has 3 aromatic rings. The van der Waals surface area contributed by atoms with Crippen molar-refractivity contribution in [1.29, 1.82) is 0 Å². The molecule has 1 aromatic carbocycles. The second kappa shape index (κ2) is 7.70. The summed E-state index contributed by atoms with van der Waals surface area (Å²) in [5.41, 5.74) is 2.27. The Morgan fingerprint density at radius 2 is 2.23 bits per heavy atom. The molecule has 1 unspecified atom stereocenters. The van der Waals surface area contributed by atoms with Crippen LogP contribution in [0.2, 0.25) is 0 Å². The number of hydrogen-bond acceptors (Lipinski definition) is 5. The van der Waals surface area contributed by atoms with Crippen LogP contribution in [0.15, 0.2) is 48.0 Å². The van der Waals surface area contributed by atoms with Crippen molar-refractivity contribution in [3.63, 3.8) is 0 Å². The molecule has 26 heavy (non-hydrogen) atoms. The molecule has 1 atom stereocenters. The molecule has 1 fully saturated rings. The SMILES string of the molecule is O=C(NCC1CCCN(c2nccs2)C1)c1cc(-c2ccccc2)n[nH]1. The van der Waals surface area contributed by atoms with Crippen LogP contribution >= 0.6 is 11.3 Å². The van der Waals surface area contributed by atoms with E-state index >= 15 is 0 Å². The fourth-order valence-electron chi connectivity index (χ4n) is 3.30. The van der Waals surface area contributed by atoms with Crippen LogP contribution in [0.5, 0.6) is 0 Å². The zero-order valence-electron chi connectivity index (χ0n) is 14.4. The number of H-pyrrole nitrogens is 1. The number of anilines is 1. The number of carbonyl (C=O) groups is 1. The Hall–Kier alpha value is -2.67. The Morgan fingerprint density at radius 3 is 3.04 bits per heavy atom. The molecule has 4 rings (SSSR count). The lowest BCUT2D eigenvalue weighted by Gasteiger charge is -2.32. The monoisotopic (exact) mass is 367 g/mol. The summed E-state index contributed by atoms with van der Waals surface area (Å²) in [5.74, 6) is 0.333. The molecule has 0 spiro atoms. The summed E-state index contributed by atoms with van der Waals surface area (Å²) in [4.78, 5) is 19.1. The Kier molecular flexibility index (Phi) is 4.97. The van der Waals surface area contributed by atoms with Crippen LogP contribution in [0.1, 0.15) is 23.3 Å². The maximum absolute atomic E-state index is 12.4. The largest absolute Gasteiger partial charge is 0.350 e. The summed E-state index contributed by atoms with van der Waals surface area (Å²) in [6, 6.07) is 11.6. The molecule has 1 amide bonds. The van der Waals surface area contributed by atoms with E-state index < -0.39 is 0 Å². The molecule has 7 heteroatoms. The van der Waals surface area contributed by atoms with E-state index in [0.717, 1.165) is 42.3 Å². The maximum Gasteiger partial charge on any atom is 0.269 e. The molecule has 0 aliphatic carbocycles. The Morgan fingerprint density at radius 1 is 1.35 bits per heavy atom. The van der Waals surface area contributed by atoms with Gasteiger partial charge in [-0.2, -0.15) is 5.10 Å². The Bertz CT molecular complexity index is 846. The molecule has 0 bridgehead atoms. The average molecular weight is 367 g/mol. The highest BCUT2D eigenvalue weighted by molar-refractivity contribution is 7.13. The smallest absolute Gasteiger partial charge is 0.269 e. The first kappa shape index (κ1) is 16.8. The molecule has 3 heterocycles. The van der Waals surface area contributed by atoms with Gasteiger partial charge in [0.15, 0.2) is 5.13 Å². The molecular weight excluding hydrogens is 346 g/mol. The minimum absolute atomic E-state index is 0.106. The van der Waals surface area contributed by atoms with Crippen LogP contribution in [0.25, 0.3) is 11.3 Å². The lowest BCUT2D eigenvalue weighted by Crippen LogP contribution is -2.41. The van der Waals surface area contributed by atoms with Gasteiger partial charge >= 0.3 is 0 Å². The summed E-state index contributed by atoms with van der Waals surface area (Å²) in [5, 5.41) is 13.2. The van der Waals surface area contributed by atoms with Crippen molar-refractivity contribution >= 4 is 22.4 Å². The van der Waals surface area contributed by atoms with Crippen molar-refractivity contribution in [2.45, 2.75) is 12.8 Å². The number of carbonyl (C=O) groups excluding carboxylic acids is 1. The van der Waals surface area contributed by atoms with Crippen molar-refractivity contribution in [3.05, 3.63) is 53.7 Å². The number of thiazole rings is 1. The van der Waals surface area contributed by atoms with Gasteiger partial charge in [0.2, 0.25) is 0 Å². The standard InChI is InChI=1S/C19H21N5OS/c25-18(17-11-16(22-23-17)15-6-2-1-3-7-15)21-12-14-5-4-9-24(13-14)19-20-8-10-26-19/h1-3,6-8,10-11,14H,4-5,9,12-13H2,(H,21,25)(H,22,23). The van der Waals surface area contributed by atoms with Crippen LogP contribution in [-0.2, 0) is 0 Å². The first-order valence-corrected chi connectivity index (χ1v) is 9.71. The molecule has 0 radical (unpaired) electrons. The van der Waals surface area contributed by atoms with Crippen molar-refractivity contribution in [2.75, 3.05) is 24.5 Å². The number of piperidine rings is 1. The average Bonchev–Trinajstić information content (AvgIpc) is 3.39. The third kappa shape index (κ3) is 3.77. The predicted octanol–water partition coefficient (Wildman–Crippen LogP) is 3.18. The number of amides is 1. The van der Waals surface area contributed by atoms with E-state index in [1.165, 1.54) is 0 Å². The molecule has 1 saturated heterocycles. The van der Waals surface area contributed by atoms with E-state index in [0.29, 0.717) is 18.2 Å². The van der Waals surface area contributed by atoms with Crippen LogP contribution < -0.4 is 10.2 Å². The third-order valence-electron chi connectivity index (χ3n) is 4.65. The van der Waals surface area contributed by atoms with E-state index in [-0.39, 0.29) is 5.91 Å². The number of aromatic amines is 1. The zero-order chi connectivity index (χ0) is 17.8. The topological polar surface area (TPSA) is 73.9 Å². The normalized spacial score (nSPS) is 17.2. The first-order chi connectivity index (χ1) is 12.8. The van der Waals surface area contributed by atoms with Gasteiger partial charge < -0.3 is 10.2 Å². The van der Waals surface area contributed by atoms with Gasteiger partial charge in [0.1, 0.15) is 5.69 Å². The quantitative estimate of drug-likeness (QED) is 0.726. The van der Waals surface area contributed by atoms with Crippen LogP contribution in [0, 0.1) is 5.92 Å². The fourth-order valence-corrected chi connectivity index (χ4v) is 3.98. The van der Waals surface area contributed by atoms with Gasteiger partial charge in [-0.25, -0.2) is 4.98 Å². The van der Waals surface area contributed by atoms with Gasteiger partial charge in [0.25, 0.3) is 5.91 Å². The van der Waals surface area contributed by atoms with Gasteiger partial charge in [0, 0.05) is 36.8 Å². The maximum atomic E-state index is 12.4. The highest BCUT2D eigenvalue weighted by Crippen LogP contribution is 2.24. The second-order valence-corrected chi connectivity index (χ2v) is 7.38. The molecule has 2 aromatic heterocycles. The molecule has 1 aliphatic rings. The summed E-state index contributed by atoms with van der Waals surface area (Å²) in [6.07, 6.45) is 4.09. The van der Waals surface area contributed by atoms with E-state index in [4.69, 9.17) is 0 Å². The van der Waals surface area contributed by atoms with E-state index in [9.17, 15) is 4.79 Å². The highest BCUT2D eigenvalue weighted by atomic mass is 32.1. The second-order valence-electron chi connectivity index (χ2n) is 6.51. The predicted molar refractivity (Wildman–Crippen MR) is 103 cm³/mol. The minimum Gasteiger partial charge on any atom is -0.350 e. The molecular formula is C19H21N5OS. The Balaban J connectivity index is 1.33. The van der Waals surface area contributed by atoms with Crippen LogP contribution in [0.4, 0.5) is 5.13 Å². The summed E-state index contributed by atoms with van der Waals surface area (Å²) in [7, 11) is 0. The van der Waals surface area contributed by atoms with Crippen molar-refractivity contribution in [1.82, 2.24) is 20.5 Å². The lowest BCUT2D eigenvalue weighted by molar-refractivity contribution is 0.0940. The summed E-state index contributed by atoms with van der Waals surface area (Å²) in [6.45, 7) is 2.64. The number of rotatable bonds is 5. The minimum atomic E-state index is -0.106. The van der Waals surface area contributed by atoms with Crippen LogP contribution in [0.3, 0.4) is 0 Å². The summed E-state index contributed by atoms with van der Waals surface area (Å²) >= 11 is 1.67. The van der Waals surface area contributed by atoms with Crippen molar-refractivity contribution in [2.24, 2.45) is 5.92 Å². The molecule has 6 nitrogen and oxygen atoms in total. The first-order valence-electron chi connectivity index (χ1n) is 8.83. The van der Waals surface area contributed by atoms with E-state index in [2.05, 4.69) is 25.4 Å². The number of benzene rings is 1. The third-order valence-corrected chi connectivity index (χ3v) is 5.48. The van der Waals surface area contributed by atoms with E-state index in [1.54, 1.807) is 17.4 Å². The molecule has 134 valence electrons. The fraction of sp³-hybridized carbons (Fsp3) is 0.316.